The van der Waals surface area contributed by atoms with Crippen LogP contribution in [0.5, 0.6) is 0 Å². The lowest BCUT2D eigenvalue weighted by molar-refractivity contribution is -0.137. The van der Waals surface area contributed by atoms with Gasteiger partial charge in [-0.15, -0.1) is 0 Å². The fourth-order valence-electron chi connectivity index (χ4n) is 1.01. The molecule has 0 fully saturated rings. The number of carboxylic acid groups (broad SMARTS) is 1. The second-order valence-corrected chi connectivity index (χ2v) is 3.25. The van der Waals surface area contributed by atoms with Crippen LogP contribution in [0.1, 0.15) is 26.7 Å². The molecule has 1 aliphatic rings. The van der Waals surface area contributed by atoms with Crippen molar-refractivity contribution in [3.05, 3.63) is 12.4 Å². The molecule has 0 unspecified atom stereocenters. The first-order valence-corrected chi connectivity index (χ1v) is 4.94. The van der Waals surface area contributed by atoms with E-state index in [1.54, 1.807) is 0 Å². The molecule has 1 rings (SSSR count). The van der Waals surface area contributed by atoms with Crippen molar-refractivity contribution in [1.29, 1.82) is 0 Å². The van der Waals surface area contributed by atoms with Crippen molar-refractivity contribution in [3.63, 3.8) is 0 Å². The lowest BCUT2D eigenvalue weighted by atomic mass is 10.4. The van der Waals surface area contributed by atoms with E-state index in [-0.39, 0.29) is 0 Å². The molecule has 0 spiro atoms. The highest BCUT2D eigenvalue weighted by molar-refractivity contribution is 5.66. The van der Waals surface area contributed by atoms with Gasteiger partial charge in [0.2, 0.25) is 0 Å². The normalized spacial score (nSPS) is 13.9. The van der Waals surface area contributed by atoms with E-state index in [1.165, 1.54) is 0 Å². The summed E-state index contributed by atoms with van der Waals surface area (Å²) in [7, 11) is 2.08. The number of nitrogens with zero attached hydrogens (tertiary/aromatic N) is 2. The summed E-state index contributed by atoms with van der Waals surface area (Å²) in [6.45, 7) is 6.16. The fraction of sp³-hybridized carbons (Fsp3) is 0.700. The van der Waals surface area contributed by atoms with Crippen molar-refractivity contribution in [2.45, 2.75) is 26.7 Å². The summed E-state index contributed by atoms with van der Waals surface area (Å²) in [6, 6.07) is 0. The predicted molar refractivity (Wildman–Crippen MR) is 56.7 cm³/mol. The minimum Gasteiger partial charge on any atom is -0.481 e. The molecule has 4 nitrogen and oxygen atoms in total. The molecule has 1 aliphatic heterocycles. The van der Waals surface area contributed by atoms with E-state index in [9.17, 15) is 4.79 Å². The minimum absolute atomic E-state index is 0.292. The Hall–Kier alpha value is -1.19. The van der Waals surface area contributed by atoms with Gasteiger partial charge in [0.05, 0.1) is 6.67 Å². The summed E-state index contributed by atoms with van der Waals surface area (Å²) >= 11 is 0. The molecule has 0 aliphatic carbocycles. The molecular formula is C10H20N2O2. The monoisotopic (exact) mass is 200 g/mol. The third-order valence-electron chi connectivity index (χ3n) is 1.81. The smallest absolute Gasteiger partial charge is 0.303 e. The van der Waals surface area contributed by atoms with Crippen LogP contribution in [0.3, 0.4) is 0 Å². The van der Waals surface area contributed by atoms with Crippen LogP contribution in [0.2, 0.25) is 0 Å². The first kappa shape index (κ1) is 12.8. The van der Waals surface area contributed by atoms with Crippen molar-refractivity contribution in [1.82, 2.24) is 9.80 Å². The Bertz CT molecular complexity index is 193. The van der Waals surface area contributed by atoms with Gasteiger partial charge < -0.3 is 14.9 Å². The van der Waals surface area contributed by atoms with E-state index in [1.807, 2.05) is 6.92 Å². The van der Waals surface area contributed by atoms with Crippen LogP contribution in [-0.2, 0) is 4.79 Å². The van der Waals surface area contributed by atoms with Crippen LogP contribution in [0.25, 0.3) is 0 Å². The molecule has 0 saturated carbocycles. The Morgan fingerprint density at radius 2 is 2.07 bits per heavy atom. The largest absolute Gasteiger partial charge is 0.481 e. The van der Waals surface area contributed by atoms with Crippen molar-refractivity contribution < 1.29 is 9.90 Å². The molecule has 82 valence electrons. The van der Waals surface area contributed by atoms with Gasteiger partial charge in [-0.1, -0.05) is 6.92 Å². The minimum atomic E-state index is -0.711. The summed E-state index contributed by atoms with van der Waals surface area (Å²) in [6.07, 6.45) is 5.22. The molecule has 0 saturated heterocycles. The number of aliphatic carboxylic acids is 1. The second kappa shape index (κ2) is 7.24. The summed E-state index contributed by atoms with van der Waals surface area (Å²) in [5.41, 5.74) is 0. The zero-order chi connectivity index (χ0) is 11.0. The molecule has 0 amide bonds. The Kier molecular flexibility index (Phi) is 6.62. The average molecular weight is 200 g/mol. The SMILES string of the molecule is CCCC(=O)O.CCN1C=CN(C)C1. The quantitative estimate of drug-likeness (QED) is 0.750. The predicted octanol–water partition coefficient (Wildman–Crippen LogP) is 1.55. The Balaban J connectivity index is 0.000000255. The van der Waals surface area contributed by atoms with Crippen LogP contribution >= 0.6 is 0 Å². The molecule has 4 heteroatoms. The zero-order valence-corrected chi connectivity index (χ0v) is 9.23. The van der Waals surface area contributed by atoms with Gasteiger partial charge in [0.1, 0.15) is 0 Å². The first-order chi connectivity index (χ1) is 6.60. The molecule has 0 aromatic rings. The van der Waals surface area contributed by atoms with Crippen LogP contribution in [0.15, 0.2) is 12.4 Å². The number of carbonyl (C=O) groups is 1. The van der Waals surface area contributed by atoms with Gasteiger partial charge in [-0.25, -0.2) is 0 Å². The Labute approximate surface area is 85.8 Å². The number of carboxylic acids is 1. The number of hydrogen-bond acceptors (Lipinski definition) is 3. The van der Waals surface area contributed by atoms with Crippen LogP contribution in [0, 0.1) is 0 Å². The van der Waals surface area contributed by atoms with Crippen molar-refractivity contribution in [3.8, 4) is 0 Å². The molecule has 0 radical (unpaired) electrons. The van der Waals surface area contributed by atoms with E-state index in [2.05, 4.69) is 36.2 Å². The van der Waals surface area contributed by atoms with Gasteiger partial charge in [0, 0.05) is 32.4 Å². The van der Waals surface area contributed by atoms with Crippen LogP contribution in [0.4, 0.5) is 0 Å². The van der Waals surface area contributed by atoms with E-state index in [0.717, 1.165) is 19.6 Å². The molecule has 0 bridgehead atoms. The molecule has 0 aromatic heterocycles. The van der Waals surface area contributed by atoms with Crippen LogP contribution < -0.4 is 0 Å². The maximum Gasteiger partial charge on any atom is 0.303 e. The highest BCUT2D eigenvalue weighted by atomic mass is 16.4. The van der Waals surface area contributed by atoms with E-state index in [4.69, 9.17) is 5.11 Å². The maximum atomic E-state index is 9.60. The second-order valence-electron chi connectivity index (χ2n) is 3.25. The van der Waals surface area contributed by atoms with Gasteiger partial charge in [-0.2, -0.15) is 0 Å². The number of rotatable bonds is 3. The molecule has 1 heterocycles. The average Bonchev–Trinajstić information content (AvgIpc) is 2.52. The van der Waals surface area contributed by atoms with Gasteiger partial charge in [-0.3, -0.25) is 4.79 Å². The van der Waals surface area contributed by atoms with E-state index >= 15 is 0 Å². The first-order valence-electron chi connectivity index (χ1n) is 4.94. The summed E-state index contributed by atoms with van der Waals surface area (Å²) in [5.74, 6) is -0.711. The summed E-state index contributed by atoms with van der Waals surface area (Å²) in [5, 5.41) is 7.91. The molecule has 0 aromatic carbocycles. The summed E-state index contributed by atoms with van der Waals surface area (Å²) < 4.78 is 0. The van der Waals surface area contributed by atoms with Gasteiger partial charge in [0.15, 0.2) is 0 Å². The van der Waals surface area contributed by atoms with E-state index < -0.39 is 5.97 Å². The Morgan fingerprint density at radius 3 is 2.21 bits per heavy atom. The lowest BCUT2D eigenvalue weighted by Crippen LogP contribution is -2.21. The van der Waals surface area contributed by atoms with Gasteiger partial charge >= 0.3 is 5.97 Å². The van der Waals surface area contributed by atoms with Crippen molar-refractivity contribution >= 4 is 5.97 Å². The fourth-order valence-corrected chi connectivity index (χ4v) is 1.01. The maximum absolute atomic E-state index is 9.60. The van der Waals surface area contributed by atoms with Crippen molar-refractivity contribution in [2.75, 3.05) is 20.3 Å². The Morgan fingerprint density at radius 1 is 1.43 bits per heavy atom. The standard InChI is InChI=1S/C6H12N2.C4H8O2/c1-3-8-5-4-7(2)6-8;1-2-3-4(5)6/h4-5H,3,6H2,1-2H3;2-3H2,1H3,(H,5,6). The molecule has 14 heavy (non-hydrogen) atoms. The van der Waals surface area contributed by atoms with Gasteiger partial charge in [0.25, 0.3) is 0 Å². The topological polar surface area (TPSA) is 43.8 Å². The third-order valence-corrected chi connectivity index (χ3v) is 1.81. The van der Waals surface area contributed by atoms with Crippen LogP contribution in [-0.4, -0.2) is 41.1 Å². The molecular weight excluding hydrogens is 180 g/mol. The van der Waals surface area contributed by atoms with Crippen molar-refractivity contribution in [2.24, 2.45) is 0 Å². The lowest BCUT2D eigenvalue weighted by Gasteiger charge is -2.14. The molecule has 1 N–H and O–H groups in total. The molecule has 0 atom stereocenters. The third kappa shape index (κ3) is 6.34. The van der Waals surface area contributed by atoms with Gasteiger partial charge in [-0.05, 0) is 13.3 Å². The van der Waals surface area contributed by atoms with E-state index in [0.29, 0.717) is 6.42 Å². The number of hydrogen-bond donors (Lipinski definition) is 1. The highest BCUT2D eigenvalue weighted by Crippen LogP contribution is 2.00. The summed E-state index contributed by atoms with van der Waals surface area (Å²) in [4.78, 5) is 14.0. The highest BCUT2D eigenvalue weighted by Gasteiger charge is 2.03. The zero-order valence-electron chi connectivity index (χ0n) is 9.23.